The molecule has 0 spiro atoms. The fourth-order valence-corrected chi connectivity index (χ4v) is 2.90. The Labute approximate surface area is 182 Å². The Hall–Kier alpha value is -2.16. The first-order valence-electron chi connectivity index (χ1n) is 8.35. The lowest BCUT2D eigenvalue weighted by Gasteiger charge is -2.13. The SMILES string of the molecule is CC(C)Oc1ccc(C(=O)NC(=S)NNC(=O)Cc2ccc(Cl)cc2)cc1Br. The smallest absolute Gasteiger partial charge is 0.257 e. The third kappa shape index (κ3) is 7.10. The van der Waals surface area contributed by atoms with Crippen LogP contribution in [-0.4, -0.2) is 23.0 Å². The highest BCUT2D eigenvalue weighted by atomic mass is 79.9. The molecule has 6 nitrogen and oxygen atoms in total. The summed E-state index contributed by atoms with van der Waals surface area (Å²) in [4.78, 5) is 24.2. The number of nitrogens with one attached hydrogen (secondary N) is 3. The first-order chi connectivity index (χ1) is 13.2. The third-order valence-corrected chi connectivity index (χ3v) is 4.45. The van der Waals surface area contributed by atoms with Crippen LogP contribution < -0.4 is 20.9 Å². The van der Waals surface area contributed by atoms with Gasteiger partial charge in [0.25, 0.3) is 5.91 Å². The van der Waals surface area contributed by atoms with Gasteiger partial charge in [0.1, 0.15) is 5.75 Å². The lowest BCUT2D eigenvalue weighted by molar-refractivity contribution is -0.121. The molecule has 0 atom stereocenters. The van der Waals surface area contributed by atoms with Gasteiger partial charge in [0.05, 0.1) is 17.0 Å². The number of carbonyl (C=O) groups excluding carboxylic acids is 2. The van der Waals surface area contributed by atoms with E-state index in [0.717, 1.165) is 5.56 Å². The minimum Gasteiger partial charge on any atom is -0.490 e. The summed E-state index contributed by atoms with van der Waals surface area (Å²) in [5.41, 5.74) is 6.13. The minimum atomic E-state index is -0.416. The fourth-order valence-electron chi connectivity index (χ4n) is 2.16. The second-order valence-electron chi connectivity index (χ2n) is 6.07. The molecular weight excluding hydrogens is 466 g/mol. The second-order valence-corrected chi connectivity index (χ2v) is 7.77. The summed E-state index contributed by atoms with van der Waals surface area (Å²) in [6.45, 7) is 3.83. The van der Waals surface area contributed by atoms with Crippen LogP contribution in [0.2, 0.25) is 5.02 Å². The zero-order valence-electron chi connectivity index (χ0n) is 15.2. The maximum Gasteiger partial charge on any atom is 0.257 e. The van der Waals surface area contributed by atoms with Crippen molar-refractivity contribution >= 4 is 56.7 Å². The predicted molar refractivity (Wildman–Crippen MR) is 116 cm³/mol. The molecule has 0 saturated carbocycles. The van der Waals surface area contributed by atoms with E-state index in [-0.39, 0.29) is 23.5 Å². The lowest BCUT2D eigenvalue weighted by Crippen LogP contribution is -2.48. The predicted octanol–water partition coefficient (Wildman–Crippen LogP) is 3.77. The van der Waals surface area contributed by atoms with Crippen LogP contribution in [0, 0.1) is 0 Å². The Morgan fingerprint density at radius 3 is 2.43 bits per heavy atom. The number of benzene rings is 2. The van der Waals surface area contributed by atoms with Gasteiger partial charge in [-0.25, -0.2) is 0 Å². The molecule has 2 aromatic rings. The molecule has 0 unspecified atom stereocenters. The highest BCUT2D eigenvalue weighted by molar-refractivity contribution is 9.10. The van der Waals surface area contributed by atoms with Crippen molar-refractivity contribution in [3.05, 3.63) is 63.1 Å². The van der Waals surface area contributed by atoms with Crippen LogP contribution in [0.25, 0.3) is 0 Å². The molecule has 9 heteroatoms. The molecule has 0 radical (unpaired) electrons. The minimum absolute atomic E-state index is 0.0178. The number of rotatable bonds is 5. The summed E-state index contributed by atoms with van der Waals surface area (Å²) in [7, 11) is 0. The van der Waals surface area contributed by atoms with Crippen molar-refractivity contribution in [2.45, 2.75) is 26.4 Å². The van der Waals surface area contributed by atoms with Gasteiger partial charge >= 0.3 is 0 Å². The zero-order valence-corrected chi connectivity index (χ0v) is 18.4. The molecule has 2 amide bonds. The number of amides is 2. The molecule has 0 aliphatic carbocycles. The van der Waals surface area contributed by atoms with Gasteiger partial charge in [0.15, 0.2) is 5.11 Å². The molecule has 28 heavy (non-hydrogen) atoms. The van der Waals surface area contributed by atoms with Crippen LogP contribution in [0.3, 0.4) is 0 Å². The molecule has 0 aliphatic rings. The highest BCUT2D eigenvalue weighted by Gasteiger charge is 2.12. The van der Waals surface area contributed by atoms with Gasteiger partial charge in [0, 0.05) is 10.6 Å². The average Bonchev–Trinajstić information content (AvgIpc) is 2.63. The highest BCUT2D eigenvalue weighted by Crippen LogP contribution is 2.26. The van der Waals surface area contributed by atoms with E-state index < -0.39 is 5.91 Å². The summed E-state index contributed by atoms with van der Waals surface area (Å²) in [6, 6.07) is 11.9. The van der Waals surface area contributed by atoms with Crippen molar-refractivity contribution in [3.63, 3.8) is 0 Å². The van der Waals surface area contributed by atoms with Crippen molar-refractivity contribution < 1.29 is 14.3 Å². The number of halogens is 2. The molecule has 0 bridgehead atoms. The summed E-state index contributed by atoms with van der Waals surface area (Å²) in [5, 5.41) is 3.08. The van der Waals surface area contributed by atoms with E-state index in [1.54, 1.807) is 42.5 Å². The molecule has 0 aromatic heterocycles. The molecule has 148 valence electrons. The Kier molecular flexibility index (Phi) is 8.22. The number of ether oxygens (including phenoxy) is 1. The van der Waals surface area contributed by atoms with Gasteiger partial charge in [0.2, 0.25) is 5.91 Å². The fraction of sp³-hybridized carbons (Fsp3) is 0.211. The molecule has 3 N–H and O–H groups in total. The van der Waals surface area contributed by atoms with E-state index in [2.05, 4.69) is 32.1 Å². The van der Waals surface area contributed by atoms with Crippen LogP contribution in [0.15, 0.2) is 46.9 Å². The average molecular weight is 485 g/mol. The van der Waals surface area contributed by atoms with Crippen molar-refractivity contribution in [1.29, 1.82) is 0 Å². The summed E-state index contributed by atoms with van der Waals surface area (Å²) < 4.78 is 6.27. The Bertz CT molecular complexity index is 875. The molecule has 2 rings (SSSR count). The quantitative estimate of drug-likeness (QED) is 0.445. The Morgan fingerprint density at radius 1 is 1.14 bits per heavy atom. The van der Waals surface area contributed by atoms with Gasteiger partial charge in [-0.3, -0.25) is 25.8 Å². The van der Waals surface area contributed by atoms with E-state index in [1.807, 2.05) is 13.8 Å². The van der Waals surface area contributed by atoms with Crippen molar-refractivity contribution in [2.24, 2.45) is 0 Å². The number of hydrogen-bond acceptors (Lipinski definition) is 4. The molecular formula is C19H19BrClN3O3S. The Balaban J connectivity index is 1.83. The van der Waals surface area contributed by atoms with Gasteiger partial charge in [-0.2, -0.15) is 0 Å². The maximum absolute atomic E-state index is 12.3. The van der Waals surface area contributed by atoms with Crippen LogP contribution in [0.1, 0.15) is 29.8 Å². The van der Waals surface area contributed by atoms with Crippen LogP contribution in [0.5, 0.6) is 5.75 Å². The topological polar surface area (TPSA) is 79.5 Å². The summed E-state index contributed by atoms with van der Waals surface area (Å²) in [6.07, 6.45) is 0.162. The molecule has 0 heterocycles. The van der Waals surface area contributed by atoms with E-state index in [0.29, 0.717) is 20.8 Å². The maximum atomic E-state index is 12.3. The molecule has 2 aromatic carbocycles. The monoisotopic (exact) mass is 483 g/mol. The molecule has 0 saturated heterocycles. The van der Waals surface area contributed by atoms with E-state index >= 15 is 0 Å². The van der Waals surface area contributed by atoms with Gasteiger partial charge in [-0.15, -0.1) is 0 Å². The number of carbonyl (C=O) groups is 2. The van der Waals surface area contributed by atoms with E-state index in [9.17, 15) is 9.59 Å². The van der Waals surface area contributed by atoms with Crippen molar-refractivity contribution in [2.75, 3.05) is 0 Å². The van der Waals surface area contributed by atoms with E-state index in [4.69, 9.17) is 28.6 Å². The normalized spacial score (nSPS) is 10.3. The molecule has 0 fully saturated rings. The number of thiocarbonyl (C=S) groups is 1. The first kappa shape index (κ1) is 22.1. The van der Waals surface area contributed by atoms with Crippen molar-refractivity contribution in [3.8, 4) is 5.75 Å². The van der Waals surface area contributed by atoms with E-state index in [1.165, 1.54) is 0 Å². The number of hydrazine groups is 1. The third-order valence-electron chi connectivity index (χ3n) is 3.38. The van der Waals surface area contributed by atoms with Crippen LogP contribution >= 0.6 is 39.7 Å². The van der Waals surface area contributed by atoms with Crippen molar-refractivity contribution in [1.82, 2.24) is 16.2 Å². The van der Waals surface area contributed by atoms with Gasteiger partial charge in [-0.1, -0.05) is 23.7 Å². The summed E-state index contributed by atoms with van der Waals surface area (Å²) in [5.74, 6) is -0.0835. The zero-order chi connectivity index (χ0) is 20.7. The summed E-state index contributed by atoms with van der Waals surface area (Å²) >= 11 is 14.2. The van der Waals surface area contributed by atoms with Crippen LogP contribution in [0.4, 0.5) is 0 Å². The lowest BCUT2D eigenvalue weighted by atomic mass is 10.1. The van der Waals surface area contributed by atoms with Crippen LogP contribution in [-0.2, 0) is 11.2 Å². The second kappa shape index (κ2) is 10.4. The molecule has 0 aliphatic heterocycles. The first-order valence-corrected chi connectivity index (χ1v) is 9.93. The Morgan fingerprint density at radius 2 is 1.82 bits per heavy atom. The van der Waals surface area contributed by atoms with Gasteiger partial charge < -0.3 is 4.74 Å². The largest absolute Gasteiger partial charge is 0.490 e. The van der Waals surface area contributed by atoms with Gasteiger partial charge in [-0.05, 0) is 77.9 Å². The number of hydrogen-bond donors (Lipinski definition) is 3. The standard InChI is InChI=1S/C19H19BrClN3O3S/c1-11(2)27-16-8-5-13(10-15(16)20)18(26)22-19(28)24-23-17(25)9-12-3-6-14(21)7-4-12/h3-8,10-11H,9H2,1-2H3,(H,23,25)(H2,22,24,26,28).